The van der Waals surface area contributed by atoms with Crippen LogP contribution in [0.5, 0.6) is 5.75 Å². The summed E-state index contributed by atoms with van der Waals surface area (Å²) in [6, 6.07) is 24.3. The van der Waals surface area contributed by atoms with Crippen molar-refractivity contribution in [3.8, 4) is 5.75 Å². The SMILES string of the molecule is O=C(Nc1ccc(Cl)cc1)c1cccc(OCCc2ccccc2)c1. The maximum Gasteiger partial charge on any atom is 0.255 e. The first-order chi connectivity index (χ1) is 12.2. The Balaban J connectivity index is 1.58. The van der Waals surface area contributed by atoms with Crippen molar-refractivity contribution in [2.24, 2.45) is 0 Å². The van der Waals surface area contributed by atoms with Crippen molar-refractivity contribution in [2.75, 3.05) is 11.9 Å². The van der Waals surface area contributed by atoms with Crippen LogP contribution in [0.2, 0.25) is 5.02 Å². The Hall–Kier alpha value is -2.78. The first-order valence-corrected chi connectivity index (χ1v) is 8.42. The van der Waals surface area contributed by atoms with Crippen molar-refractivity contribution >= 4 is 23.2 Å². The zero-order valence-corrected chi connectivity index (χ0v) is 14.4. The molecule has 0 radical (unpaired) electrons. The molecule has 0 atom stereocenters. The van der Waals surface area contributed by atoms with Gasteiger partial charge in [0.15, 0.2) is 0 Å². The average molecular weight is 352 g/mol. The highest BCUT2D eigenvalue weighted by atomic mass is 35.5. The summed E-state index contributed by atoms with van der Waals surface area (Å²) in [5.74, 6) is 0.496. The Kier molecular flexibility index (Phi) is 5.70. The summed E-state index contributed by atoms with van der Waals surface area (Å²) in [5, 5.41) is 3.47. The molecule has 1 amide bonds. The van der Waals surface area contributed by atoms with Crippen LogP contribution in [-0.2, 0) is 6.42 Å². The van der Waals surface area contributed by atoms with Gasteiger partial charge in [-0.3, -0.25) is 4.79 Å². The van der Waals surface area contributed by atoms with Crippen molar-refractivity contribution in [1.29, 1.82) is 0 Å². The minimum atomic E-state index is -0.184. The van der Waals surface area contributed by atoms with E-state index >= 15 is 0 Å². The van der Waals surface area contributed by atoms with Crippen LogP contribution in [0, 0.1) is 0 Å². The van der Waals surface area contributed by atoms with E-state index < -0.39 is 0 Å². The lowest BCUT2D eigenvalue weighted by Crippen LogP contribution is -2.12. The lowest BCUT2D eigenvalue weighted by molar-refractivity contribution is 0.102. The van der Waals surface area contributed by atoms with Gasteiger partial charge in [0.25, 0.3) is 5.91 Å². The second kappa shape index (κ2) is 8.36. The molecule has 1 N–H and O–H groups in total. The second-order valence-electron chi connectivity index (χ2n) is 5.57. The summed E-state index contributed by atoms with van der Waals surface area (Å²) < 4.78 is 5.77. The number of rotatable bonds is 6. The topological polar surface area (TPSA) is 38.3 Å². The molecule has 0 spiro atoms. The zero-order valence-electron chi connectivity index (χ0n) is 13.6. The van der Waals surface area contributed by atoms with Crippen molar-refractivity contribution in [2.45, 2.75) is 6.42 Å². The third-order valence-corrected chi connectivity index (χ3v) is 3.95. The maximum absolute atomic E-state index is 12.3. The molecule has 4 heteroatoms. The fourth-order valence-corrected chi connectivity index (χ4v) is 2.52. The van der Waals surface area contributed by atoms with Gasteiger partial charge in [-0.25, -0.2) is 0 Å². The van der Waals surface area contributed by atoms with Gasteiger partial charge in [-0.2, -0.15) is 0 Å². The van der Waals surface area contributed by atoms with E-state index in [1.54, 1.807) is 36.4 Å². The molecule has 0 fully saturated rings. The number of carbonyl (C=O) groups excluding carboxylic acids is 1. The summed E-state index contributed by atoms with van der Waals surface area (Å²) in [6.45, 7) is 0.562. The molecule has 0 bridgehead atoms. The first-order valence-electron chi connectivity index (χ1n) is 8.04. The summed E-state index contributed by atoms with van der Waals surface area (Å²) in [6.07, 6.45) is 0.821. The predicted molar refractivity (Wildman–Crippen MR) is 101 cm³/mol. The number of hydrogen-bond acceptors (Lipinski definition) is 2. The maximum atomic E-state index is 12.3. The highest BCUT2D eigenvalue weighted by Crippen LogP contribution is 2.17. The number of halogens is 1. The normalized spacial score (nSPS) is 10.3. The molecule has 0 aliphatic rings. The van der Waals surface area contributed by atoms with E-state index in [1.807, 2.05) is 30.3 Å². The highest BCUT2D eigenvalue weighted by Gasteiger charge is 2.07. The van der Waals surface area contributed by atoms with Gasteiger partial charge in [-0.05, 0) is 48.0 Å². The molecule has 3 aromatic rings. The molecule has 0 unspecified atom stereocenters. The van der Waals surface area contributed by atoms with Crippen LogP contribution in [0.1, 0.15) is 15.9 Å². The van der Waals surface area contributed by atoms with Crippen LogP contribution in [0.25, 0.3) is 0 Å². The number of ether oxygens (including phenoxy) is 1. The Labute approximate surface area is 152 Å². The Morgan fingerprint density at radius 1 is 0.920 bits per heavy atom. The number of nitrogens with one attached hydrogen (secondary N) is 1. The van der Waals surface area contributed by atoms with Gasteiger partial charge in [-0.1, -0.05) is 48.0 Å². The summed E-state index contributed by atoms with van der Waals surface area (Å²) in [5.41, 5.74) is 2.47. The van der Waals surface area contributed by atoms with Gasteiger partial charge in [0.05, 0.1) is 6.61 Å². The predicted octanol–water partition coefficient (Wildman–Crippen LogP) is 5.21. The van der Waals surface area contributed by atoms with E-state index in [2.05, 4.69) is 17.4 Å². The van der Waals surface area contributed by atoms with Gasteiger partial charge in [0.1, 0.15) is 5.75 Å². The monoisotopic (exact) mass is 351 g/mol. The van der Waals surface area contributed by atoms with E-state index in [0.29, 0.717) is 28.6 Å². The third kappa shape index (κ3) is 5.10. The van der Waals surface area contributed by atoms with Gasteiger partial charge in [0.2, 0.25) is 0 Å². The fourth-order valence-electron chi connectivity index (χ4n) is 2.40. The first kappa shape index (κ1) is 17.1. The number of amides is 1. The quantitative estimate of drug-likeness (QED) is 0.661. The van der Waals surface area contributed by atoms with E-state index in [4.69, 9.17) is 16.3 Å². The standard InChI is InChI=1S/C21H18ClNO2/c22-18-9-11-19(12-10-18)23-21(24)17-7-4-8-20(15-17)25-14-13-16-5-2-1-3-6-16/h1-12,15H,13-14H2,(H,23,24). The minimum Gasteiger partial charge on any atom is -0.493 e. The van der Waals surface area contributed by atoms with E-state index in [0.717, 1.165) is 6.42 Å². The summed E-state index contributed by atoms with van der Waals surface area (Å²) in [7, 11) is 0. The largest absolute Gasteiger partial charge is 0.493 e. The van der Waals surface area contributed by atoms with Crippen LogP contribution < -0.4 is 10.1 Å². The van der Waals surface area contributed by atoms with Crippen molar-refractivity contribution in [3.63, 3.8) is 0 Å². The zero-order chi connectivity index (χ0) is 17.5. The van der Waals surface area contributed by atoms with E-state index in [9.17, 15) is 4.79 Å². The van der Waals surface area contributed by atoms with Crippen molar-refractivity contribution < 1.29 is 9.53 Å². The molecule has 3 rings (SSSR count). The van der Waals surface area contributed by atoms with Crippen LogP contribution in [-0.4, -0.2) is 12.5 Å². The second-order valence-corrected chi connectivity index (χ2v) is 6.01. The molecular weight excluding hydrogens is 334 g/mol. The molecule has 126 valence electrons. The summed E-state index contributed by atoms with van der Waals surface area (Å²) in [4.78, 5) is 12.3. The molecule has 0 aliphatic carbocycles. The minimum absolute atomic E-state index is 0.184. The number of benzene rings is 3. The van der Waals surface area contributed by atoms with Crippen molar-refractivity contribution in [1.82, 2.24) is 0 Å². The van der Waals surface area contributed by atoms with Crippen LogP contribution >= 0.6 is 11.6 Å². The number of anilines is 1. The molecule has 0 heterocycles. The average Bonchev–Trinajstić information content (AvgIpc) is 2.65. The van der Waals surface area contributed by atoms with Crippen LogP contribution in [0.4, 0.5) is 5.69 Å². The molecule has 0 saturated heterocycles. The van der Waals surface area contributed by atoms with Gasteiger partial charge in [0, 0.05) is 22.7 Å². The van der Waals surface area contributed by atoms with Gasteiger partial charge >= 0.3 is 0 Å². The highest BCUT2D eigenvalue weighted by molar-refractivity contribution is 6.30. The Morgan fingerprint density at radius 2 is 1.68 bits per heavy atom. The fraction of sp³-hybridized carbons (Fsp3) is 0.0952. The Bertz CT molecular complexity index is 832. The molecule has 3 aromatic carbocycles. The number of hydrogen-bond donors (Lipinski definition) is 1. The molecule has 0 saturated carbocycles. The smallest absolute Gasteiger partial charge is 0.255 e. The van der Waals surface area contributed by atoms with E-state index in [1.165, 1.54) is 5.56 Å². The summed E-state index contributed by atoms with van der Waals surface area (Å²) >= 11 is 5.85. The van der Waals surface area contributed by atoms with Gasteiger partial charge in [-0.15, -0.1) is 0 Å². The molecular formula is C21H18ClNO2. The van der Waals surface area contributed by atoms with Crippen molar-refractivity contribution in [3.05, 3.63) is 95.0 Å². The lowest BCUT2D eigenvalue weighted by Gasteiger charge is -2.09. The lowest BCUT2D eigenvalue weighted by atomic mass is 10.1. The molecule has 25 heavy (non-hydrogen) atoms. The molecule has 0 aromatic heterocycles. The van der Waals surface area contributed by atoms with Crippen LogP contribution in [0.3, 0.4) is 0 Å². The molecule has 3 nitrogen and oxygen atoms in total. The van der Waals surface area contributed by atoms with E-state index in [-0.39, 0.29) is 5.91 Å². The van der Waals surface area contributed by atoms with Crippen LogP contribution in [0.15, 0.2) is 78.9 Å². The molecule has 0 aliphatic heterocycles. The van der Waals surface area contributed by atoms with Gasteiger partial charge < -0.3 is 10.1 Å². The third-order valence-electron chi connectivity index (χ3n) is 3.70. The number of carbonyl (C=O) groups is 1. The Morgan fingerprint density at radius 3 is 2.44 bits per heavy atom.